The largest absolute Gasteiger partial charge is 0.351 e. The van der Waals surface area contributed by atoms with Crippen molar-refractivity contribution in [1.29, 1.82) is 0 Å². The lowest BCUT2D eigenvalue weighted by Crippen LogP contribution is -2.39. The number of amides is 2. The van der Waals surface area contributed by atoms with Crippen molar-refractivity contribution < 1.29 is 14.3 Å². The summed E-state index contributed by atoms with van der Waals surface area (Å²) in [5.74, 6) is 0. The van der Waals surface area contributed by atoms with Crippen LogP contribution in [-0.4, -0.2) is 32.1 Å². The highest BCUT2D eigenvalue weighted by Crippen LogP contribution is 2.04. The molecule has 5 heteroatoms. The average molecular weight is 292 g/mol. The Morgan fingerprint density at radius 1 is 1.29 bits per heavy atom. The van der Waals surface area contributed by atoms with E-state index in [9.17, 15) is 4.79 Å². The van der Waals surface area contributed by atoms with Gasteiger partial charge >= 0.3 is 6.03 Å². The second kappa shape index (κ2) is 9.96. The maximum absolute atomic E-state index is 11.6. The van der Waals surface area contributed by atoms with Crippen molar-refractivity contribution in [2.75, 3.05) is 19.8 Å². The molecule has 0 aliphatic carbocycles. The monoisotopic (exact) mass is 292 g/mol. The molecular weight excluding hydrogens is 268 g/mol. The molecule has 0 fully saturated rings. The molecule has 0 spiro atoms. The highest BCUT2D eigenvalue weighted by atomic mass is 16.7. The maximum atomic E-state index is 11.6. The van der Waals surface area contributed by atoms with Crippen molar-refractivity contribution in [2.24, 2.45) is 0 Å². The lowest BCUT2D eigenvalue weighted by Gasteiger charge is -2.17. The van der Waals surface area contributed by atoms with Gasteiger partial charge in [0.15, 0.2) is 6.29 Å². The van der Waals surface area contributed by atoms with Gasteiger partial charge in [0.2, 0.25) is 0 Å². The summed E-state index contributed by atoms with van der Waals surface area (Å²) < 4.78 is 10.7. The predicted octanol–water partition coefficient (Wildman–Crippen LogP) is 2.66. The minimum absolute atomic E-state index is 0.289. The topological polar surface area (TPSA) is 59.6 Å². The van der Waals surface area contributed by atoms with E-state index in [1.165, 1.54) is 5.56 Å². The number of urea groups is 1. The fourth-order valence-corrected chi connectivity index (χ4v) is 1.75. The van der Waals surface area contributed by atoms with Crippen molar-refractivity contribution in [1.82, 2.24) is 10.6 Å². The van der Waals surface area contributed by atoms with Gasteiger partial charge in [-0.15, -0.1) is 0 Å². The molecule has 0 saturated heterocycles. The van der Waals surface area contributed by atoms with E-state index in [2.05, 4.69) is 10.6 Å². The smallest absolute Gasteiger partial charge is 0.318 e. The van der Waals surface area contributed by atoms with Crippen molar-refractivity contribution in [3.63, 3.8) is 0 Å². The Labute approximate surface area is 126 Å². The van der Waals surface area contributed by atoms with Gasteiger partial charge in [0.1, 0.15) is 0 Å². The molecule has 0 bridgehead atoms. The highest BCUT2D eigenvalue weighted by molar-refractivity contribution is 5.75. The van der Waals surface area contributed by atoms with Gasteiger partial charge in [0, 0.05) is 19.4 Å². The summed E-state index contributed by atoms with van der Waals surface area (Å²) in [7, 11) is 0. The molecule has 0 unspecified atom stereocenters. The number of hydrogen-bond donors (Lipinski definition) is 2. The second-order valence-electron chi connectivity index (χ2n) is 4.44. The Morgan fingerprint density at radius 3 is 2.62 bits per heavy atom. The molecule has 1 aromatic rings. The van der Waals surface area contributed by atoms with Crippen LogP contribution < -0.4 is 10.6 Å². The van der Waals surface area contributed by atoms with Gasteiger partial charge in [-0.2, -0.15) is 0 Å². The summed E-state index contributed by atoms with van der Waals surface area (Å²) in [6, 6.07) is 7.73. The lowest BCUT2D eigenvalue weighted by atomic mass is 10.1. The maximum Gasteiger partial charge on any atom is 0.318 e. The fraction of sp³-hybridized carbons (Fsp3) is 0.438. The van der Waals surface area contributed by atoms with E-state index >= 15 is 0 Å². The highest BCUT2D eigenvalue weighted by Gasteiger charge is 2.08. The Balaban J connectivity index is 2.33. The summed E-state index contributed by atoms with van der Waals surface area (Å²) in [5.41, 5.74) is 2.22. The van der Waals surface area contributed by atoms with Gasteiger partial charge in [0.25, 0.3) is 0 Å². The summed E-state index contributed by atoms with van der Waals surface area (Å²) in [5, 5.41) is 5.35. The van der Waals surface area contributed by atoms with Crippen LogP contribution in [0.15, 0.2) is 30.5 Å². The van der Waals surface area contributed by atoms with E-state index in [0.29, 0.717) is 19.8 Å². The second-order valence-corrected chi connectivity index (χ2v) is 4.44. The molecule has 5 nitrogen and oxygen atoms in total. The average Bonchev–Trinajstić information content (AvgIpc) is 2.45. The van der Waals surface area contributed by atoms with Crippen molar-refractivity contribution >= 4 is 12.1 Å². The number of ether oxygens (including phenoxy) is 2. The Bertz CT molecular complexity index is 455. The van der Waals surface area contributed by atoms with Crippen molar-refractivity contribution in [2.45, 2.75) is 27.1 Å². The molecule has 1 rings (SSSR count). The molecule has 1 aromatic carbocycles. The SMILES string of the molecule is CCOC(CNC(=O)N/C=C/c1cccc(C)c1)OCC. The fourth-order valence-electron chi connectivity index (χ4n) is 1.75. The van der Waals surface area contributed by atoms with E-state index in [1.54, 1.807) is 6.20 Å². The Morgan fingerprint density at radius 2 is 2.00 bits per heavy atom. The molecule has 21 heavy (non-hydrogen) atoms. The van der Waals surface area contributed by atoms with Crippen LogP contribution in [0.2, 0.25) is 0 Å². The van der Waals surface area contributed by atoms with Crippen LogP contribution >= 0.6 is 0 Å². The molecule has 0 heterocycles. The van der Waals surface area contributed by atoms with Gasteiger partial charge in [-0.1, -0.05) is 29.8 Å². The van der Waals surface area contributed by atoms with Crippen molar-refractivity contribution in [3.05, 3.63) is 41.6 Å². The minimum Gasteiger partial charge on any atom is -0.351 e. The van der Waals surface area contributed by atoms with Gasteiger partial charge in [0.05, 0.1) is 6.54 Å². The molecule has 2 N–H and O–H groups in total. The van der Waals surface area contributed by atoms with Gasteiger partial charge < -0.3 is 20.1 Å². The lowest BCUT2D eigenvalue weighted by molar-refractivity contribution is -0.131. The number of carbonyl (C=O) groups excluding carboxylic acids is 1. The third-order valence-corrected chi connectivity index (χ3v) is 2.67. The molecule has 0 aromatic heterocycles. The first-order valence-corrected chi connectivity index (χ1v) is 7.16. The molecule has 0 saturated carbocycles. The van der Waals surface area contributed by atoms with Gasteiger partial charge in [-0.3, -0.25) is 0 Å². The molecule has 0 atom stereocenters. The Kier molecular flexibility index (Phi) is 8.16. The van der Waals surface area contributed by atoms with Crippen LogP contribution in [0.5, 0.6) is 0 Å². The summed E-state index contributed by atoms with van der Waals surface area (Å²) in [6.45, 7) is 7.20. The first-order chi connectivity index (χ1) is 10.2. The van der Waals surface area contributed by atoms with E-state index in [4.69, 9.17) is 9.47 Å². The molecular formula is C16H24N2O3. The van der Waals surface area contributed by atoms with Crippen LogP contribution in [0.1, 0.15) is 25.0 Å². The summed E-state index contributed by atoms with van der Waals surface area (Å²) >= 11 is 0. The first-order valence-electron chi connectivity index (χ1n) is 7.16. The van der Waals surface area contributed by atoms with Gasteiger partial charge in [-0.05, 0) is 32.4 Å². The minimum atomic E-state index is -0.411. The quantitative estimate of drug-likeness (QED) is 0.724. The van der Waals surface area contributed by atoms with Crippen LogP contribution in [0, 0.1) is 6.92 Å². The van der Waals surface area contributed by atoms with Crippen molar-refractivity contribution in [3.8, 4) is 0 Å². The van der Waals surface area contributed by atoms with Crippen LogP contribution in [-0.2, 0) is 9.47 Å². The molecule has 2 amide bonds. The van der Waals surface area contributed by atoms with E-state index in [1.807, 2.05) is 51.1 Å². The zero-order valence-corrected chi connectivity index (χ0v) is 12.9. The van der Waals surface area contributed by atoms with E-state index in [0.717, 1.165) is 5.56 Å². The van der Waals surface area contributed by atoms with Crippen LogP contribution in [0.4, 0.5) is 4.79 Å². The zero-order valence-electron chi connectivity index (χ0n) is 12.9. The standard InChI is InChI=1S/C16H24N2O3/c1-4-20-15(21-5-2)12-18-16(19)17-10-9-14-8-6-7-13(3)11-14/h6-11,15H,4-5,12H2,1-3H3,(H2,17,18,19)/b10-9+. The molecule has 0 aliphatic heterocycles. The normalized spacial score (nSPS) is 11.0. The third kappa shape index (κ3) is 7.48. The third-order valence-electron chi connectivity index (χ3n) is 2.67. The molecule has 116 valence electrons. The molecule has 0 aliphatic rings. The van der Waals surface area contributed by atoms with Gasteiger partial charge in [-0.25, -0.2) is 4.79 Å². The number of hydrogen-bond acceptors (Lipinski definition) is 3. The number of benzene rings is 1. The number of carbonyl (C=O) groups is 1. The predicted molar refractivity (Wildman–Crippen MR) is 83.8 cm³/mol. The van der Waals surface area contributed by atoms with Crippen LogP contribution in [0.3, 0.4) is 0 Å². The Hall–Kier alpha value is -1.85. The zero-order chi connectivity index (χ0) is 15.5. The summed E-state index contributed by atoms with van der Waals surface area (Å²) in [4.78, 5) is 11.6. The molecule has 0 radical (unpaired) electrons. The van der Waals surface area contributed by atoms with Crippen LogP contribution in [0.25, 0.3) is 6.08 Å². The van der Waals surface area contributed by atoms with E-state index < -0.39 is 6.29 Å². The number of nitrogens with one attached hydrogen (secondary N) is 2. The first kappa shape index (κ1) is 17.2. The summed E-state index contributed by atoms with van der Waals surface area (Å²) in [6.07, 6.45) is 3.04. The number of rotatable bonds is 8. The number of aryl methyl sites for hydroxylation is 1. The van der Waals surface area contributed by atoms with E-state index in [-0.39, 0.29) is 6.03 Å².